The van der Waals surface area contributed by atoms with E-state index < -0.39 is 0 Å². The van der Waals surface area contributed by atoms with Gasteiger partial charge in [0.2, 0.25) is 0 Å². The Bertz CT molecular complexity index is 383. The quantitative estimate of drug-likeness (QED) is 0.578. The van der Waals surface area contributed by atoms with Crippen LogP contribution in [0.1, 0.15) is 72.6 Å². The minimum Gasteiger partial charge on any atom is -0.299 e. The Kier molecular flexibility index (Phi) is 5.33. The first kappa shape index (κ1) is 16.8. The van der Waals surface area contributed by atoms with Crippen molar-refractivity contribution in [2.75, 3.05) is 0 Å². The molecule has 2 aliphatic carbocycles. The first-order valence-corrected chi connectivity index (χ1v) is 9.03. The number of hydrogen-bond acceptors (Lipinski definition) is 1. The van der Waals surface area contributed by atoms with E-state index in [-0.39, 0.29) is 5.41 Å². The SMILES string of the molecule is C=C[C@H]1CC(=O)[C@@H]2CC[C@H]([C@H](C)CCCC(C)C)[C@@]2(C)C1. The second kappa shape index (κ2) is 6.67. The molecule has 0 saturated heterocycles. The smallest absolute Gasteiger partial charge is 0.137 e. The monoisotopic (exact) mass is 290 g/mol. The zero-order chi connectivity index (χ0) is 15.6. The molecule has 0 radical (unpaired) electrons. The van der Waals surface area contributed by atoms with Gasteiger partial charge in [-0.2, -0.15) is 0 Å². The van der Waals surface area contributed by atoms with Crippen LogP contribution in [0.3, 0.4) is 0 Å². The van der Waals surface area contributed by atoms with Crippen LogP contribution in [0.2, 0.25) is 0 Å². The summed E-state index contributed by atoms with van der Waals surface area (Å²) >= 11 is 0. The Morgan fingerprint density at radius 2 is 2.00 bits per heavy atom. The van der Waals surface area contributed by atoms with Gasteiger partial charge >= 0.3 is 0 Å². The van der Waals surface area contributed by atoms with Gasteiger partial charge < -0.3 is 0 Å². The van der Waals surface area contributed by atoms with Crippen LogP contribution in [0, 0.1) is 35.0 Å². The number of carbonyl (C=O) groups is 1. The summed E-state index contributed by atoms with van der Waals surface area (Å²) in [5, 5.41) is 0. The summed E-state index contributed by atoms with van der Waals surface area (Å²) in [4.78, 5) is 12.5. The molecule has 0 spiro atoms. The highest BCUT2D eigenvalue weighted by Crippen LogP contribution is 2.58. The molecule has 2 fully saturated rings. The highest BCUT2D eigenvalue weighted by Gasteiger charge is 2.53. The number of ketones is 1. The van der Waals surface area contributed by atoms with Crippen molar-refractivity contribution < 1.29 is 4.79 Å². The Hall–Kier alpha value is -0.590. The molecule has 0 unspecified atom stereocenters. The van der Waals surface area contributed by atoms with Gasteiger partial charge in [-0.05, 0) is 48.3 Å². The first-order valence-electron chi connectivity index (χ1n) is 9.03. The molecule has 0 aromatic carbocycles. The summed E-state index contributed by atoms with van der Waals surface area (Å²) in [6.07, 6.45) is 10.4. The van der Waals surface area contributed by atoms with Crippen molar-refractivity contribution in [3.63, 3.8) is 0 Å². The maximum absolute atomic E-state index is 12.5. The molecule has 0 aromatic rings. The molecular weight excluding hydrogens is 256 g/mol. The van der Waals surface area contributed by atoms with E-state index in [9.17, 15) is 4.79 Å². The van der Waals surface area contributed by atoms with Crippen molar-refractivity contribution in [3.05, 3.63) is 12.7 Å². The maximum atomic E-state index is 12.5. The molecule has 0 amide bonds. The van der Waals surface area contributed by atoms with Crippen molar-refractivity contribution in [1.82, 2.24) is 0 Å². The zero-order valence-corrected chi connectivity index (χ0v) is 14.5. The number of Topliss-reactive ketones (excluding diaryl/α,β-unsaturated/α-hetero) is 1. The Morgan fingerprint density at radius 1 is 1.29 bits per heavy atom. The lowest BCUT2D eigenvalue weighted by Crippen LogP contribution is -2.42. The molecular formula is C20H34O. The predicted molar refractivity (Wildman–Crippen MR) is 90.1 cm³/mol. The highest BCUT2D eigenvalue weighted by molar-refractivity contribution is 5.83. The fourth-order valence-corrected chi connectivity index (χ4v) is 5.27. The fourth-order valence-electron chi connectivity index (χ4n) is 5.27. The summed E-state index contributed by atoms with van der Waals surface area (Å²) in [5.74, 6) is 3.58. The summed E-state index contributed by atoms with van der Waals surface area (Å²) in [5.41, 5.74) is 0.242. The average molecular weight is 290 g/mol. The van der Waals surface area contributed by atoms with Crippen molar-refractivity contribution >= 4 is 5.78 Å². The molecule has 21 heavy (non-hydrogen) atoms. The number of hydrogen-bond donors (Lipinski definition) is 0. The van der Waals surface area contributed by atoms with E-state index in [0.29, 0.717) is 17.6 Å². The van der Waals surface area contributed by atoms with Crippen LogP contribution >= 0.6 is 0 Å². The van der Waals surface area contributed by atoms with Gasteiger partial charge in [0.1, 0.15) is 5.78 Å². The molecule has 2 saturated carbocycles. The van der Waals surface area contributed by atoms with Gasteiger partial charge in [-0.1, -0.05) is 53.0 Å². The summed E-state index contributed by atoms with van der Waals surface area (Å²) in [6, 6.07) is 0. The number of fused-ring (bicyclic) bond motifs is 1. The third kappa shape index (κ3) is 3.43. The number of carbonyl (C=O) groups excluding carboxylic acids is 1. The topological polar surface area (TPSA) is 17.1 Å². The van der Waals surface area contributed by atoms with Gasteiger partial charge in [0, 0.05) is 12.3 Å². The van der Waals surface area contributed by atoms with Crippen molar-refractivity contribution in [2.24, 2.45) is 35.0 Å². The molecule has 0 heterocycles. The van der Waals surface area contributed by atoms with Gasteiger partial charge in [0.15, 0.2) is 0 Å². The molecule has 1 heteroatoms. The predicted octanol–water partition coefficient (Wildman–Crippen LogP) is 5.65. The summed E-state index contributed by atoms with van der Waals surface area (Å²) < 4.78 is 0. The number of rotatable bonds is 6. The van der Waals surface area contributed by atoms with Crippen LogP contribution in [-0.4, -0.2) is 5.78 Å². The van der Waals surface area contributed by atoms with E-state index in [1.807, 2.05) is 6.08 Å². The van der Waals surface area contributed by atoms with E-state index in [1.165, 1.54) is 32.1 Å². The third-order valence-corrected chi connectivity index (χ3v) is 6.42. The molecule has 5 atom stereocenters. The molecule has 0 aliphatic heterocycles. The van der Waals surface area contributed by atoms with E-state index in [4.69, 9.17) is 0 Å². The van der Waals surface area contributed by atoms with Gasteiger partial charge in [-0.3, -0.25) is 4.79 Å². The van der Waals surface area contributed by atoms with E-state index in [0.717, 1.165) is 30.6 Å². The molecule has 120 valence electrons. The van der Waals surface area contributed by atoms with Crippen LogP contribution in [0.15, 0.2) is 12.7 Å². The zero-order valence-electron chi connectivity index (χ0n) is 14.5. The molecule has 0 aromatic heterocycles. The van der Waals surface area contributed by atoms with Crippen molar-refractivity contribution in [1.29, 1.82) is 0 Å². The Morgan fingerprint density at radius 3 is 2.62 bits per heavy atom. The first-order chi connectivity index (χ1) is 9.88. The summed E-state index contributed by atoms with van der Waals surface area (Å²) in [6.45, 7) is 13.4. The standard InChI is InChI=1S/C20H34O/c1-6-16-12-19(21)18-11-10-17(20(18,5)13-16)15(4)9-7-8-14(2)3/h6,14-18H,1,7-13H2,2-5H3/t15-,16+,17-,18+,20-/m1/s1. The van der Waals surface area contributed by atoms with Crippen LogP contribution in [0.5, 0.6) is 0 Å². The van der Waals surface area contributed by atoms with Crippen molar-refractivity contribution in [3.8, 4) is 0 Å². The maximum Gasteiger partial charge on any atom is 0.137 e. The Balaban J connectivity index is 2.03. The molecule has 0 N–H and O–H groups in total. The largest absolute Gasteiger partial charge is 0.299 e. The molecule has 0 bridgehead atoms. The number of allylic oxidation sites excluding steroid dienone is 1. The normalized spacial score (nSPS) is 37.6. The molecule has 2 aliphatic rings. The highest BCUT2D eigenvalue weighted by atomic mass is 16.1. The lowest BCUT2D eigenvalue weighted by Gasteiger charge is -2.44. The lowest BCUT2D eigenvalue weighted by molar-refractivity contribution is -0.131. The van der Waals surface area contributed by atoms with E-state index in [1.54, 1.807) is 0 Å². The third-order valence-electron chi connectivity index (χ3n) is 6.42. The van der Waals surface area contributed by atoms with Crippen LogP contribution < -0.4 is 0 Å². The fraction of sp³-hybridized carbons (Fsp3) is 0.850. The molecule has 1 nitrogen and oxygen atoms in total. The van der Waals surface area contributed by atoms with Crippen LogP contribution in [-0.2, 0) is 4.79 Å². The Labute approximate surface area is 131 Å². The molecule has 2 rings (SSSR count). The van der Waals surface area contributed by atoms with Crippen molar-refractivity contribution in [2.45, 2.75) is 72.6 Å². The van der Waals surface area contributed by atoms with Crippen LogP contribution in [0.4, 0.5) is 0 Å². The van der Waals surface area contributed by atoms with E-state index in [2.05, 4.69) is 34.3 Å². The van der Waals surface area contributed by atoms with Crippen LogP contribution in [0.25, 0.3) is 0 Å². The van der Waals surface area contributed by atoms with Gasteiger partial charge in [-0.25, -0.2) is 0 Å². The second-order valence-corrected chi connectivity index (χ2v) is 8.41. The van der Waals surface area contributed by atoms with E-state index >= 15 is 0 Å². The summed E-state index contributed by atoms with van der Waals surface area (Å²) in [7, 11) is 0. The van der Waals surface area contributed by atoms with Gasteiger partial charge in [-0.15, -0.1) is 6.58 Å². The minimum atomic E-state index is 0.242. The average Bonchev–Trinajstić information content (AvgIpc) is 2.75. The van der Waals surface area contributed by atoms with Gasteiger partial charge in [0.25, 0.3) is 0 Å². The lowest BCUT2D eigenvalue weighted by atomic mass is 9.59. The second-order valence-electron chi connectivity index (χ2n) is 8.41. The minimum absolute atomic E-state index is 0.242. The van der Waals surface area contributed by atoms with Gasteiger partial charge in [0.05, 0.1) is 0 Å².